The highest BCUT2D eigenvalue weighted by molar-refractivity contribution is 7.99. The highest BCUT2D eigenvalue weighted by Gasteiger charge is 2.28. The zero-order valence-corrected chi connectivity index (χ0v) is 19.5. The Labute approximate surface area is 195 Å². The number of hydrogen-bond acceptors (Lipinski definition) is 6. The molecule has 33 heavy (non-hydrogen) atoms. The summed E-state index contributed by atoms with van der Waals surface area (Å²) in [6, 6.07) is 7.38. The number of nitrogens with zero attached hydrogens (tertiary/aromatic N) is 6. The van der Waals surface area contributed by atoms with Gasteiger partial charge in [0.15, 0.2) is 5.82 Å². The average molecular weight is 462 g/mol. The smallest absolute Gasteiger partial charge is 0.155 e. The van der Waals surface area contributed by atoms with E-state index < -0.39 is 5.82 Å². The first-order chi connectivity index (χ1) is 15.9. The number of aromatic nitrogens is 5. The van der Waals surface area contributed by atoms with Gasteiger partial charge in [-0.25, -0.2) is 13.9 Å². The molecule has 1 aliphatic rings. The third-order valence-corrected chi connectivity index (χ3v) is 7.27. The Hall–Kier alpha value is -3.22. The zero-order chi connectivity index (χ0) is 23.2. The zero-order valence-electron chi connectivity index (χ0n) is 18.7. The Kier molecular flexibility index (Phi) is 5.43. The molecular formula is C24H24FN7S. The summed E-state index contributed by atoms with van der Waals surface area (Å²) in [6.07, 6.45) is 9.00. The first-order valence-corrected chi connectivity index (χ1v) is 11.7. The van der Waals surface area contributed by atoms with Crippen LogP contribution in [0.5, 0.6) is 0 Å². The van der Waals surface area contributed by atoms with Gasteiger partial charge in [-0.2, -0.15) is 15.5 Å². The van der Waals surface area contributed by atoms with Crippen molar-refractivity contribution >= 4 is 17.3 Å². The fourth-order valence-electron chi connectivity index (χ4n) is 4.34. The lowest BCUT2D eigenvalue weighted by molar-refractivity contribution is 0.231. The van der Waals surface area contributed by atoms with E-state index in [4.69, 9.17) is 5.10 Å². The minimum absolute atomic E-state index is 0.150. The molecule has 168 valence electrons. The normalized spacial score (nSPS) is 17.8. The topological polar surface area (TPSA) is 83.8 Å². The van der Waals surface area contributed by atoms with Crippen molar-refractivity contribution in [2.45, 2.75) is 55.1 Å². The average Bonchev–Trinajstić information content (AvgIpc) is 3.39. The quantitative estimate of drug-likeness (QED) is 0.471. The Morgan fingerprint density at radius 2 is 2.15 bits per heavy atom. The predicted molar refractivity (Wildman–Crippen MR) is 125 cm³/mol. The van der Waals surface area contributed by atoms with E-state index in [2.05, 4.69) is 46.9 Å². The first kappa shape index (κ1) is 21.6. The summed E-state index contributed by atoms with van der Waals surface area (Å²) in [6.45, 7) is 7.39. The van der Waals surface area contributed by atoms with Crippen LogP contribution in [-0.4, -0.2) is 36.5 Å². The SMILES string of the molecule is Cc1c(-c2cc(Sc3ncccc3F)c3c(C#N)cnn3c2)cnn1[C@H]1CCC(C)(C)NC1. The van der Waals surface area contributed by atoms with Gasteiger partial charge in [0.25, 0.3) is 0 Å². The Balaban J connectivity index is 1.57. The molecule has 1 atom stereocenters. The minimum atomic E-state index is -0.402. The minimum Gasteiger partial charge on any atom is -0.310 e. The molecule has 9 heteroatoms. The van der Waals surface area contributed by atoms with Crippen LogP contribution in [0.1, 0.15) is 44.0 Å². The molecular weight excluding hydrogens is 437 g/mol. The maximum Gasteiger partial charge on any atom is 0.155 e. The monoisotopic (exact) mass is 461 g/mol. The Morgan fingerprint density at radius 3 is 2.88 bits per heavy atom. The highest BCUT2D eigenvalue weighted by atomic mass is 32.2. The van der Waals surface area contributed by atoms with Crippen LogP contribution >= 0.6 is 11.8 Å². The summed E-state index contributed by atoms with van der Waals surface area (Å²) < 4.78 is 18.1. The Morgan fingerprint density at radius 1 is 1.30 bits per heavy atom. The molecule has 0 bridgehead atoms. The van der Waals surface area contributed by atoms with Crippen molar-refractivity contribution in [1.29, 1.82) is 5.26 Å². The number of fused-ring (bicyclic) bond motifs is 1. The van der Waals surface area contributed by atoms with E-state index in [1.807, 2.05) is 18.5 Å². The van der Waals surface area contributed by atoms with E-state index in [1.165, 1.54) is 24.0 Å². The first-order valence-electron chi connectivity index (χ1n) is 10.9. The van der Waals surface area contributed by atoms with E-state index in [-0.39, 0.29) is 10.6 Å². The van der Waals surface area contributed by atoms with Crippen LogP contribution in [0, 0.1) is 24.1 Å². The molecule has 7 nitrogen and oxygen atoms in total. The third-order valence-electron chi connectivity index (χ3n) is 6.25. The van der Waals surface area contributed by atoms with Gasteiger partial charge < -0.3 is 5.32 Å². The number of nitrogens with one attached hydrogen (secondary N) is 1. The summed E-state index contributed by atoms with van der Waals surface area (Å²) >= 11 is 1.19. The third kappa shape index (κ3) is 4.01. The molecule has 0 saturated carbocycles. The van der Waals surface area contributed by atoms with Gasteiger partial charge in [0.05, 0.1) is 29.5 Å². The van der Waals surface area contributed by atoms with Crippen molar-refractivity contribution in [3.05, 3.63) is 60.1 Å². The molecule has 4 aromatic rings. The maximum atomic E-state index is 14.3. The van der Waals surface area contributed by atoms with Gasteiger partial charge in [0.1, 0.15) is 11.1 Å². The van der Waals surface area contributed by atoms with E-state index >= 15 is 0 Å². The molecule has 1 N–H and O–H groups in total. The van der Waals surface area contributed by atoms with Crippen LogP contribution in [0.3, 0.4) is 0 Å². The second-order valence-electron chi connectivity index (χ2n) is 8.99. The van der Waals surface area contributed by atoms with Gasteiger partial charge in [0, 0.05) is 46.2 Å². The fraction of sp³-hybridized carbons (Fsp3) is 0.333. The molecule has 1 fully saturated rings. The molecule has 1 saturated heterocycles. The largest absolute Gasteiger partial charge is 0.310 e. The van der Waals surface area contributed by atoms with Crippen LogP contribution in [0.4, 0.5) is 4.39 Å². The van der Waals surface area contributed by atoms with Crippen molar-refractivity contribution in [3.63, 3.8) is 0 Å². The van der Waals surface area contributed by atoms with Crippen molar-refractivity contribution in [2.24, 2.45) is 0 Å². The summed E-state index contributed by atoms with van der Waals surface area (Å²) in [5.41, 5.74) is 4.18. The van der Waals surface area contributed by atoms with Gasteiger partial charge in [-0.1, -0.05) is 11.8 Å². The van der Waals surface area contributed by atoms with Gasteiger partial charge >= 0.3 is 0 Å². The maximum absolute atomic E-state index is 14.3. The summed E-state index contributed by atoms with van der Waals surface area (Å²) in [5, 5.41) is 22.5. The standard InChI is InChI=1S/C24H24FN7S/c1-15-19(13-30-32(15)18-6-7-24(2,3)28-12-18)16-9-21(33-23-20(25)5-4-8-27-23)22-17(10-26)11-29-31(22)14-16/h4-5,8-9,11,13-14,18,28H,6-7,12H2,1-3H3/t18-/m0/s1. The lowest BCUT2D eigenvalue weighted by Crippen LogP contribution is -2.47. The van der Waals surface area contributed by atoms with E-state index in [1.54, 1.807) is 16.8 Å². The Bertz CT molecular complexity index is 1370. The molecule has 0 aromatic carbocycles. The van der Waals surface area contributed by atoms with Gasteiger partial charge in [-0.3, -0.25) is 4.68 Å². The number of piperidine rings is 1. The molecule has 4 aromatic heterocycles. The summed E-state index contributed by atoms with van der Waals surface area (Å²) in [7, 11) is 0. The second kappa shape index (κ2) is 8.28. The summed E-state index contributed by atoms with van der Waals surface area (Å²) in [4.78, 5) is 4.88. The molecule has 0 radical (unpaired) electrons. The molecule has 0 unspecified atom stereocenters. The van der Waals surface area contributed by atoms with E-state index in [9.17, 15) is 9.65 Å². The van der Waals surface area contributed by atoms with Crippen molar-refractivity contribution in [3.8, 4) is 17.2 Å². The number of pyridine rings is 2. The lowest BCUT2D eigenvalue weighted by atomic mass is 9.91. The molecule has 1 aliphatic heterocycles. The van der Waals surface area contributed by atoms with Crippen LogP contribution in [0.25, 0.3) is 16.6 Å². The van der Waals surface area contributed by atoms with Gasteiger partial charge in [-0.15, -0.1) is 0 Å². The van der Waals surface area contributed by atoms with Crippen LogP contribution in [0.2, 0.25) is 0 Å². The van der Waals surface area contributed by atoms with Gasteiger partial charge in [-0.05, 0) is 51.8 Å². The van der Waals surface area contributed by atoms with E-state index in [0.29, 0.717) is 22.0 Å². The molecule has 5 heterocycles. The van der Waals surface area contributed by atoms with Gasteiger partial charge in [0.2, 0.25) is 0 Å². The molecule has 5 rings (SSSR count). The van der Waals surface area contributed by atoms with Crippen molar-refractivity contribution in [2.75, 3.05) is 6.54 Å². The number of rotatable bonds is 4. The molecule has 0 aliphatic carbocycles. The van der Waals surface area contributed by atoms with Crippen LogP contribution < -0.4 is 5.32 Å². The fourth-order valence-corrected chi connectivity index (χ4v) is 5.31. The number of halogens is 1. The highest BCUT2D eigenvalue weighted by Crippen LogP contribution is 2.37. The molecule has 0 spiro atoms. The predicted octanol–water partition coefficient (Wildman–Crippen LogP) is 4.77. The van der Waals surface area contributed by atoms with Crippen molar-refractivity contribution in [1.82, 2.24) is 29.7 Å². The van der Waals surface area contributed by atoms with Crippen molar-refractivity contribution < 1.29 is 4.39 Å². The summed E-state index contributed by atoms with van der Waals surface area (Å²) in [5.74, 6) is -0.402. The second-order valence-corrected chi connectivity index (χ2v) is 10.0. The van der Waals surface area contributed by atoms with Crippen LogP contribution in [-0.2, 0) is 0 Å². The number of nitriles is 1. The number of hydrogen-bond donors (Lipinski definition) is 1. The molecule has 0 amide bonds. The lowest BCUT2D eigenvalue weighted by Gasteiger charge is -2.36. The van der Waals surface area contributed by atoms with Crippen LogP contribution in [0.15, 0.2) is 52.9 Å². The van der Waals surface area contributed by atoms with E-state index in [0.717, 1.165) is 36.2 Å².